The predicted octanol–water partition coefficient (Wildman–Crippen LogP) is 2.79. The van der Waals surface area contributed by atoms with Crippen LogP contribution in [0.1, 0.15) is 27.7 Å². The van der Waals surface area contributed by atoms with Gasteiger partial charge >= 0.3 is 0 Å². The van der Waals surface area contributed by atoms with E-state index in [-0.39, 0.29) is 19.1 Å². The van der Waals surface area contributed by atoms with Gasteiger partial charge in [0.25, 0.3) is 5.91 Å². The molecule has 5 heteroatoms. The number of carbonyl (C=O) groups is 1. The summed E-state index contributed by atoms with van der Waals surface area (Å²) in [7, 11) is 0. The van der Waals surface area contributed by atoms with Gasteiger partial charge in [0, 0.05) is 6.54 Å². The molecule has 1 aromatic heterocycles. The minimum Gasteiger partial charge on any atom is -0.491 e. The molecule has 22 heavy (non-hydrogen) atoms. The van der Waals surface area contributed by atoms with Crippen molar-refractivity contribution in [3.8, 4) is 5.75 Å². The minimum absolute atomic E-state index is 0.138. The number of hydrogen-bond donors (Lipinski definition) is 2. The number of thiophene rings is 1. The van der Waals surface area contributed by atoms with E-state index in [1.165, 1.54) is 11.3 Å². The number of hydrogen-bond acceptors (Lipinski definition) is 4. The molecule has 1 heterocycles. The molecule has 4 nitrogen and oxygen atoms in total. The zero-order valence-electron chi connectivity index (χ0n) is 12.8. The Bertz CT molecular complexity index is 624. The molecule has 118 valence electrons. The van der Waals surface area contributed by atoms with Crippen molar-refractivity contribution in [2.24, 2.45) is 0 Å². The Morgan fingerprint density at radius 1 is 1.41 bits per heavy atom. The maximum Gasteiger partial charge on any atom is 0.261 e. The quantitative estimate of drug-likeness (QED) is 0.825. The van der Waals surface area contributed by atoms with Gasteiger partial charge < -0.3 is 15.2 Å². The van der Waals surface area contributed by atoms with Crippen LogP contribution in [0, 0.1) is 6.92 Å². The Morgan fingerprint density at radius 3 is 2.95 bits per heavy atom. The van der Waals surface area contributed by atoms with Gasteiger partial charge in [-0.3, -0.25) is 4.79 Å². The lowest BCUT2D eigenvalue weighted by Crippen LogP contribution is -2.35. The third-order valence-electron chi connectivity index (χ3n) is 3.26. The fourth-order valence-electron chi connectivity index (χ4n) is 2.06. The Labute approximate surface area is 134 Å². The van der Waals surface area contributed by atoms with Gasteiger partial charge in [-0.05, 0) is 48.1 Å². The monoisotopic (exact) mass is 319 g/mol. The summed E-state index contributed by atoms with van der Waals surface area (Å²) < 4.78 is 5.52. The van der Waals surface area contributed by atoms with E-state index >= 15 is 0 Å². The van der Waals surface area contributed by atoms with E-state index in [1.54, 1.807) is 0 Å². The van der Waals surface area contributed by atoms with Gasteiger partial charge in [-0.2, -0.15) is 0 Å². The van der Waals surface area contributed by atoms with Gasteiger partial charge in [0.05, 0.1) is 4.88 Å². The number of ether oxygens (including phenoxy) is 1. The van der Waals surface area contributed by atoms with Crippen LogP contribution in [0.3, 0.4) is 0 Å². The first kappa shape index (κ1) is 16.5. The number of carbonyl (C=O) groups excluding carboxylic acids is 1. The second-order valence-electron chi connectivity index (χ2n) is 5.12. The summed E-state index contributed by atoms with van der Waals surface area (Å²) in [5.74, 6) is 0.582. The van der Waals surface area contributed by atoms with Crippen LogP contribution in [0.5, 0.6) is 5.75 Å². The maximum atomic E-state index is 12.1. The fraction of sp³-hybridized carbons (Fsp3) is 0.353. The first-order valence-electron chi connectivity index (χ1n) is 7.32. The van der Waals surface area contributed by atoms with Gasteiger partial charge in [0.1, 0.15) is 18.5 Å². The van der Waals surface area contributed by atoms with Crippen molar-refractivity contribution in [3.05, 3.63) is 51.7 Å². The SMILES string of the molecule is CCc1ccsc1C(=O)NCC(O)COc1cccc(C)c1. The van der Waals surface area contributed by atoms with Gasteiger partial charge in [0.15, 0.2) is 0 Å². The molecule has 0 spiro atoms. The first-order chi connectivity index (χ1) is 10.6. The zero-order chi connectivity index (χ0) is 15.9. The van der Waals surface area contributed by atoms with Crippen LogP contribution in [-0.4, -0.2) is 30.3 Å². The molecule has 1 atom stereocenters. The highest BCUT2D eigenvalue weighted by atomic mass is 32.1. The second kappa shape index (κ2) is 7.96. The van der Waals surface area contributed by atoms with Gasteiger partial charge in [-0.25, -0.2) is 0 Å². The predicted molar refractivity (Wildman–Crippen MR) is 88.7 cm³/mol. The lowest BCUT2D eigenvalue weighted by Gasteiger charge is -2.13. The molecule has 1 aromatic carbocycles. The van der Waals surface area contributed by atoms with E-state index < -0.39 is 6.10 Å². The van der Waals surface area contributed by atoms with E-state index in [1.807, 2.05) is 49.6 Å². The number of aliphatic hydroxyl groups excluding tert-OH is 1. The van der Waals surface area contributed by atoms with E-state index in [4.69, 9.17) is 4.74 Å². The van der Waals surface area contributed by atoms with Crippen molar-refractivity contribution >= 4 is 17.2 Å². The number of amides is 1. The molecule has 0 aliphatic heterocycles. The highest BCUT2D eigenvalue weighted by molar-refractivity contribution is 7.12. The molecular formula is C17H21NO3S. The molecule has 2 N–H and O–H groups in total. The molecule has 0 saturated heterocycles. The third kappa shape index (κ3) is 4.58. The van der Waals surface area contributed by atoms with E-state index in [9.17, 15) is 9.90 Å². The van der Waals surface area contributed by atoms with Crippen LogP contribution in [0.4, 0.5) is 0 Å². The van der Waals surface area contributed by atoms with Crippen molar-refractivity contribution in [3.63, 3.8) is 0 Å². The van der Waals surface area contributed by atoms with Crippen molar-refractivity contribution in [2.75, 3.05) is 13.2 Å². The topological polar surface area (TPSA) is 58.6 Å². The normalized spacial score (nSPS) is 12.0. The van der Waals surface area contributed by atoms with Crippen LogP contribution in [0.25, 0.3) is 0 Å². The van der Waals surface area contributed by atoms with E-state index in [0.717, 1.165) is 23.3 Å². The van der Waals surface area contributed by atoms with Crippen molar-refractivity contribution < 1.29 is 14.6 Å². The Hall–Kier alpha value is -1.85. The van der Waals surface area contributed by atoms with Crippen LogP contribution in [0.15, 0.2) is 35.7 Å². The summed E-state index contributed by atoms with van der Waals surface area (Å²) >= 11 is 1.42. The summed E-state index contributed by atoms with van der Waals surface area (Å²) in [5, 5.41) is 14.6. The Kier molecular flexibility index (Phi) is 5.98. The van der Waals surface area contributed by atoms with Crippen molar-refractivity contribution in [1.29, 1.82) is 0 Å². The van der Waals surface area contributed by atoms with Crippen molar-refractivity contribution in [2.45, 2.75) is 26.4 Å². The summed E-state index contributed by atoms with van der Waals surface area (Å²) in [6.45, 7) is 4.32. The summed E-state index contributed by atoms with van der Waals surface area (Å²) in [6.07, 6.45) is 0.0835. The second-order valence-corrected chi connectivity index (χ2v) is 6.04. The number of benzene rings is 1. The van der Waals surface area contributed by atoms with Crippen LogP contribution in [-0.2, 0) is 6.42 Å². The van der Waals surface area contributed by atoms with Crippen LogP contribution in [0.2, 0.25) is 0 Å². The molecule has 2 rings (SSSR count). The highest BCUT2D eigenvalue weighted by Gasteiger charge is 2.13. The van der Waals surface area contributed by atoms with Gasteiger partial charge in [-0.1, -0.05) is 19.1 Å². The fourth-order valence-corrected chi connectivity index (χ4v) is 2.97. The molecule has 0 radical (unpaired) electrons. The van der Waals surface area contributed by atoms with Crippen LogP contribution < -0.4 is 10.1 Å². The van der Waals surface area contributed by atoms with Gasteiger partial charge in [0.2, 0.25) is 0 Å². The zero-order valence-corrected chi connectivity index (χ0v) is 13.7. The lowest BCUT2D eigenvalue weighted by molar-refractivity contribution is 0.0846. The minimum atomic E-state index is -0.741. The van der Waals surface area contributed by atoms with E-state index in [0.29, 0.717) is 4.88 Å². The highest BCUT2D eigenvalue weighted by Crippen LogP contribution is 2.17. The summed E-state index contributed by atoms with van der Waals surface area (Å²) in [4.78, 5) is 12.8. The third-order valence-corrected chi connectivity index (χ3v) is 4.22. The van der Waals surface area contributed by atoms with E-state index in [2.05, 4.69) is 5.32 Å². The average molecular weight is 319 g/mol. The Balaban J connectivity index is 1.78. The molecule has 1 amide bonds. The molecule has 0 aliphatic carbocycles. The number of nitrogens with one attached hydrogen (secondary N) is 1. The number of aliphatic hydroxyl groups is 1. The average Bonchev–Trinajstić information content (AvgIpc) is 2.99. The van der Waals surface area contributed by atoms with Crippen molar-refractivity contribution in [1.82, 2.24) is 5.32 Å². The molecular weight excluding hydrogens is 298 g/mol. The maximum absolute atomic E-state index is 12.1. The standard InChI is InChI=1S/C17H21NO3S/c1-3-13-7-8-22-16(13)17(20)18-10-14(19)11-21-15-6-4-5-12(2)9-15/h4-9,14,19H,3,10-11H2,1-2H3,(H,18,20). The molecule has 0 bridgehead atoms. The smallest absolute Gasteiger partial charge is 0.261 e. The molecule has 0 saturated carbocycles. The molecule has 2 aromatic rings. The first-order valence-corrected chi connectivity index (χ1v) is 8.20. The lowest BCUT2D eigenvalue weighted by atomic mass is 10.2. The molecule has 1 unspecified atom stereocenters. The number of aryl methyl sites for hydroxylation is 2. The number of rotatable bonds is 7. The van der Waals surface area contributed by atoms with Gasteiger partial charge in [-0.15, -0.1) is 11.3 Å². The summed E-state index contributed by atoms with van der Waals surface area (Å²) in [6, 6.07) is 9.59. The van der Waals surface area contributed by atoms with Crippen LogP contribution >= 0.6 is 11.3 Å². The molecule has 0 fully saturated rings. The molecule has 0 aliphatic rings. The summed E-state index contributed by atoms with van der Waals surface area (Å²) in [5.41, 5.74) is 2.14. The Morgan fingerprint density at radius 2 is 2.23 bits per heavy atom. The largest absolute Gasteiger partial charge is 0.491 e.